The summed E-state index contributed by atoms with van der Waals surface area (Å²) >= 11 is 0. The SMILES string of the molecule is C=C(C)C(=O)OC1(C)CC2CC1CC2CC(O)(C(F)(F)F)C(F)(F)F. The first kappa shape index (κ1) is 20.1. The largest absolute Gasteiger partial charge is 0.456 e. The number of ether oxygens (including phenoxy) is 1. The third-order valence-electron chi connectivity index (χ3n) is 5.54. The van der Waals surface area contributed by atoms with Gasteiger partial charge in [-0.25, -0.2) is 4.79 Å². The van der Waals surface area contributed by atoms with E-state index in [-0.39, 0.29) is 24.3 Å². The second kappa shape index (κ2) is 5.89. The Labute approximate surface area is 141 Å². The van der Waals surface area contributed by atoms with Crippen molar-refractivity contribution in [3.63, 3.8) is 0 Å². The van der Waals surface area contributed by atoms with E-state index in [2.05, 4.69) is 6.58 Å². The molecule has 4 atom stereocenters. The highest BCUT2D eigenvalue weighted by Crippen LogP contribution is 2.59. The van der Waals surface area contributed by atoms with Crippen molar-refractivity contribution >= 4 is 5.97 Å². The molecule has 0 spiro atoms. The van der Waals surface area contributed by atoms with Crippen LogP contribution in [0, 0.1) is 17.8 Å². The summed E-state index contributed by atoms with van der Waals surface area (Å²) in [6.07, 6.45) is -12.4. The summed E-state index contributed by atoms with van der Waals surface area (Å²) in [6, 6.07) is 0. The molecule has 3 nitrogen and oxygen atoms in total. The van der Waals surface area contributed by atoms with Crippen LogP contribution in [-0.2, 0) is 9.53 Å². The summed E-state index contributed by atoms with van der Waals surface area (Å²) < 4.78 is 82.5. The predicted octanol–water partition coefficient (Wildman–Crippen LogP) is 4.16. The highest BCUT2D eigenvalue weighted by Gasteiger charge is 2.71. The maximum atomic E-state index is 12.9. The van der Waals surface area contributed by atoms with Crippen LogP contribution in [0.4, 0.5) is 26.3 Å². The normalized spacial score (nSPS) is 32.8. The lowest BCUT2D eigenvalue weighted by atomic mass is 9.75. The molecule has 25 heavy (non-hydrogen) atoms. The molecule has 0 radical (unpaired) electrons. The van der Waals surface area contributed by atoms with Crippen molar-refractivity contribution in [2.75, 3.05) is 0 Å². The van der Waals surface area contributed by atoms with E-state index >= 15 is 0 Å². The maximum absolute atomic E-state index is 12.9. The van der Waals surface area contributed by atoms with Crippen LogP contribution < -0.4 is 0 Å². The smallest absolute Gasteiger partial charge is 0.426 e. The van der Waals surface area contributed by atoms with Crippen molar-refractivity contribution in [2.45, 2.75) is 63.1 Å². The number of hydrogen-bond acceptors (Lipinski definition) is 3. The van der Waals surface area contributed by atoms with Crippen LogP contribution in [0.5, 0.6) is 0 Å². The molecular weight excluding hydrogens is 354 g/mol. The summed E-state index contributed by atoms with van der Waals surface area (Å²) in [6.45, 7) is 6.54. The molecule has 4 unspecified atom stereocenters. The Morgan fingerprint density at radius 2 is 1.72 bits per heavy atom. The van der Waals surface area contributed by atoms with Crippen LogP contribution in [0.1, 0.15) is 39.5 Å². The Bertz CT molecular complexity index is 553. The lowest BCUT2D eigenvalue weighted by Gasteiger charge is -2.40. The monoisotopic (exact) mass is 374 g/mol. The van der Waals surface area contributed by atoms with Gasteiger partial charge in [0.15, 0.2) is 0 Å². The Balaban J connectivity index is 2.12. The molecule has 1 N–H and O–H groups in total. The molecule has 0 aromatic carbocycles. The standard InChI is InChI=1S/C16H20F6O3/c1-8(2)12(23)25-13(3)6-9-4-11(13)5-10(9)7-14(24,15(17,18)19)16(20,21)22/h9-11,24H,1,4-7H2,2-3H3. The van der Waals surface area contributed by atoms with Gasteiger partial charge in [-0.05, 0) is 57.3 Å². The highest BCUT2D eigenvalue weighted by molar-refractivity contribution is 5.87. The van der Waals surface area contributed by atoms with Crippen LogP contribution in [0.3, 0.4) is 0 Å². The molecule has 2 rings (SSSR count). The van der Waals surface area contributed by atoms with E-state index < -0.39 is 47.8 Å². The fraction of sp³-hybridized carbons (Fsp3) is 0.812. The van der Waals surface area contributed by atoms with E-state index in [0.717, 1.165) is 0 Å². The van der Waals surface area contributed by atoms with Crippen molar-refractivity contribution in [1.29, 1.82) is 0 Å². The summed E-state index contributed by atoms with van der Waals surface area (Å²) in [5.74, 6) is -2.37. The van der Waals surface area contributed by atoms with Crippen molar-refractivity contribution in [3.8, 4) is 0 Å². The Hall–Kier alpha value is -1.25. The van der Waals surface area contributed by atoms with Gasteiger partial charge in [0.05, 0.1) is 0 Å². The minimum absolute atomic E-state index is 0.0408. The maximum Gasteiger partial charge on any atom is 0.426 e. The van der Waals surface area contributed by atoms with Crippen molar-refractivity contribution in [3.05, 3.63) is 12.2 Å². The summed E-state index contributed by atoms with van der Waals surface area (Å²) in [4.78, 5) is 11.7. The minimum Gasteiger partial charge on any atom is -0.456 e. The van der Waals surface area contributed by atoms with Gasteiger partial charge in [-0.1, -0.05) is 6.58 Å². The van der Waals surface area contributed by atoms with Gasteiger partial charge >= 0.3 is 18.3 Å². The second-order valence-electron chi connectivity index (χ2n) is 7.44. The molecule has 2 bridgehead atoms. The van der Waals surface area contributed by atoms with Gasteiger partial charge in [0.25, 0.3) is 5.60 Å². The molecule has 2 aliphatic carbocycles. The molecule has 0 saturated heterocycles. The first-order valence-corrected chi connectivity index (χ1v) is 7.85. The molecule has 0 amide bonds. The molecule has 9 heteroatoms. The molecule has 0 heterocycles. The number of fused-ring (bicyclic) bond motifs is 2. The van der Waals surface area contributed by atoms with E-state index in [1.807, 2.05) is 0 Å². The topological polar surface area (TPSA) is 46.5 Å². The number of alkyl halides is 6. The highest BCUT2D eigenvalue weighted by atomic mass is 19.4. The number of rotatable bonds is 4. The molecule has 2 aliphatic rings. The first-order chi connectivity index (χ1) is 11.1. The van der Waals surface area contributed by atoms with E-state index in [1.165, 1.54) is 6.92 Å². The zero-order valence-corrected chi connectivity index (χ0v) is 13.8. The van der Waals surface area contributed by atoms with Gasteiger partial charge in [0.2, 0.25) is 0 Å². The van der Waals surface area contributed by atoms with Gasteiger partial charge in [-0.2, -0.15) is 26.3 Å². The number of aliphatic hydroxyl groups is 1. The van der Waals surface area contributed by atoms with Crippen molar-refractivity contribution in [2.24, 2.45) is 17.8 Å². The third-order valence-corrected chi connectivity index (χ3v) is 5.54. The number of carbonyl (C=O) groups excluding carboxylic acids is 1. The Morgan fingerprint density at radius 3 is 2.08 bits per heavy atom. The molecule has 0 aromatic heterocycles. The van der Waals surface area contributed by atoms with Crippen LogP contribution in [0.25, 0.3) is 0 Å². The fourth-order valence-electron chi connectivity index (χ4n) is 4.09. The molecule has 0 aliphatic heterocycles. The summed E-state index contributed by atoms with van der Waals surface area (Å²) in [7, 11) is 0. The molecule has 2 saturated carbocycles. The van der Waals surface area contributed by atoms with Gasteiger partial charge in [0.1, 0.15) is 5.60 Å². The predicted molar refractivity (Wildman–Crippen MR) is 75.3 cm³/mol. The number of hydrogen-bond donors (Lipinski definition) is 1. The zero-order valence-electron chi connectivity index (χ0n) is 13.8. The van der Waals surface area contributed by atoms with Crippen molar-refractivity contribution in [1.82, 2.24) is 0 Å². The van der Waals surface area contributed by atoms with Gasteiger partial charge in [0, 0.05) is 5.57 Å². The van der Waals surface area contributed by atoms with Crippen LogP contribution >= 0.6 is 0 Å². The average Bonchev–Trinajstić information content (AvgIpc) is 2.92. The average molecular weight is 374 g/mol. The zero-order chi connectivity index (χ0) is 19.4. The molecule has 0 aromatic rings. The van der Waals surface area contributed by atoms with Crippen LogP contribution in [0.15, 0.2) is 12.2 Å². The van der Waals surface area contributed by atoms with Crippen LogP contribution in [-0.4, -0.2) is 34.6 Å². The third kappa shape index (κ3) is 3.39. The van der Waals surface area contributed by atoms with E-state index in [0.29, 0.717) is 6.42 Å². The first-order valence-electron chi connectivity index (χ1n) is 7.85. The van der Waals surface area contributed by atoms with E-state index in [1.54, 1.807) is 6.92 Å². The quantitative estimate of drug-likeness (QED) is 0.457. The summed E-state index contributed by atoms with van der Waals surface area (Å²) in [5, 5.41) is 9.37. The molecule has 144 valence electrons. The summed E-state index contributed by atoms with van der Waals surface area (Å²) in [5.41, 5.74) is -5.48. The Morgan fingerprint density at radius 1 is 1.20 bits per heavy atom. The van der Waals surface area contributed by atoms with Crippen molar-refractivity contribution < 1.29 is 41.0 Å². The number of carbonyl (C=O) groups is 1. The van der Waals surface area contributed by atoms with Crippen LogP contribution in [0.2, 0.25) is 0 Å². The fourth-order valence-corrected chi connectivity index (χ4v) is 4.09. The van der Waals surface area contributed by atoms with Gasteiger partial charge < -0.3 is 9.84 Å². The van der Waals surface area contributed by atoms with Gasteiger partial charge in [-0.15, -0.1) is 0 Å². The van der Waals surface area contributed by atoms with E-state index in [9.17, 15) is 36.2 Å². The molecule has 2 fully saturated rings. The molecular formula is C16H20F6O3. The number of halogens is 6. The lowest BCUT2D eigenvalue weighted by Crippen LogP contribution is -2.58. The second-order valence-corrected chi connectivity index (χ2v) is 7.44. The minimum atomic E-state index is -5.80. The number of esters is 1. The lowest BCUT2D eigenvalue weighted by molar-refractivity contribution is -0.373. The van der Waals surface area contributed by atoms with Gasteiger partial charge in [-0.3, -0.25) is 0 Å². The van der Waals surface area contributed by atoms with E-state index in [4.69, 9.17) is 4.74 Å². The Kier molecular flexibility index (Phi) is 4.73.